The van der Waals surface area contributed by atoms with Crippen LogP contribution in [-0.4, -0.2) is 26.7 Å². The van der Waals surface area contributed by atoms with E-state index >= 15 is 0 Å². The SMILES string of the molecule is Cc1nc2c(=O)n(CC(=O)NC(C)C)nc(-c3ccc(Cl)cc3)c2s1. The number of aromatic nitrogens is 3. The summed E-state index contributed by atoms with van der Waals surface area (Å²) in [6, 6.07) is 7.19. The van der Waals surface area contributed by atoms with Gasteiger partial charge in [-0.3, -0.25) is 9.59 Å². The van der Waals surface area contributed by atoms with E-state index in [2.05, 4.69) is 15.4 Å². The Morgan fingerprint density at radius 2 is 2.00 bits per heavy atom. The molecule has 0 bridgehead atoms. The quantitative estimate of drug-likeness (QED) is 0.759. The first-order valence-corrected chi connectivity index (χ1v) is 8.98. The molecule has 0 unspecified atom stereocenters. The molecule has 2 heterocycles. The Labute approximate surface area is 153 Å². The van der Waals surface area contributed by atoms with Crippen LogP contribution in [0.2, 0.25) is 5.02 Å². The molecule has 3 aromatic rings. The predicted molar refractivity (Wildman–Crippen MR) is 100 cm³/mol. The van der Waals surface area contributed by atoms with Gasteiger partial charge in [0.05, 0.1) is 9.71 Å². The third-order valence-corrected chi connectivity index (χ3v) is 4.70. The van der Waals surface area contributed by atoms with Crippen molar-refractivity contribution in [2.45, 2.75) is 33.4 Å². The Balaban J connectivity index is 2.15. The molecule has 2 aromatic heterocycles. The number of nitrogens with one attached hydrogen (secondary N) is 1. The second-order valence-corrected chi connectivity index (χ2v) is 7.59. The van der Waals surface area contributed by atoms with Crippen LogP contribution in [0.25, 0.3) is 21.5 Å². The summed E-state index contributed by atoms with van der Waals surface area (Å²) in [5.74, 6) is -0.266. The zero-order valence-corrected chi connectivity index (χ0v) is 15.6. The lowest BCUT2D eigenvalue weighted by Gasteiger charge is -2.11. The summed E-state index contributed by atoms with van der Waals surface area (Å²) in [5, 5.41) is 8.58. The number of hydrogen-bond acceptors (Lipinski definition) is 5. The zero-order chi connectivity index (χ0) is 18.1. The van der Waals surface area contributed by atoms with Crippen molar-refractivity contribution in [2.75, 3.05) is 0 Å². The minimum Gasteiger partial charge on any atom is -0.352 e. The molecular formula is C17H17ClN4O2S. The fourth-order valence-electron chi connectivity index (χ4n) is 2.47. The van der Waals surface area contributed by atoms with E-state index in [0.29, 0.717) is 20.9 Å². The van der Waals surface area contributed by atoms with E-state index in [0.717, 1.165) is 10.6 Å². The van der Waals surface area contributed by atoms with E-state index in [-0.39, 0.29) is 24.1 Å². The number of nitrogens with zero attached hydrogens (tertiary/aromatic N) is 3. The summed E-state index contributed by atoms with van der Waals surface area (Å²) in [7, 11) is 0. The molecule has 0 spiro atoms. The fraction of sp³-hybridized carbons (Fsp3) is 0.294. The third-order valence-electron chi connectivity index (χ3n) is 3.47. The van der Waals surface area contributed by atoms with Crippen LogP contribution in [0, 0.1) is 6.92 Å². The normalized spacial score (nSPS) is 11.2. The molecule has 0 atom stereocenters. The lowest BCUT2D eigenvalue weighted by atomic mass is 10.1. The van der Waals surface area contributed by atoms with E-state index < -0.39 is 0 Å². The minimum absolute atomic E-state index is 0.0100. The molecule has 0 aliphatic rings. The molecule has 0 saturated carbocycles. The summed E-state index contributed by atoms with van der Waals surface area (Å²) in [5.41, 5.74) is 1.40. The summed E-state index contributed by atoms with van der Waals surface area (Å²) in [6.07, 6.45) is 0. The van der Waals surface area contributed by atoms with E-state index in [4.69, 9.17) is 11.6 Å². The Kier molecular flexibility index (Phi) is 4.87. The smallest absolute Gasteiger partial charge is 0.294 e. The lowest BCUT2D eigenvalue weighted by molar-refractivity contribution is -0.122. The molecule has 0 aliphatic heterocycles. The first kappa shape index (κ1) is 17.6. The maximum absolute atomic E-state index is 12.6. The lowest BCUT2D eigenvalue weighted by Crippen LogP contribution is -2.37. The van der Waals surface area contributed by atoms with Gasteiger partial charge in [0.2, 0.25) is 5.91 Å². The fourth-order valence-corrected chi connectivity index (χ4v) is 3.52. The maximum Gasteiger partial charge on any atom is 0.294 e. The third kappa shape index (κ3) is 3.72. The van der Waals surface area contributed by atoms with E-state index in [1.807, 2.05) is 32.9 Å². The second-order valence-electron chi connectivity index (χ2n) is 5.95. The summed E-state index contributed by atoms with van der Waals surface area (Å²) >= 11 is 7.37. The molecule has 25 heavy (non-hydrogen) atoms. The van der Waals surface area contributed by atoms with Crippen LogP contribution in [0.3, 0.4) is 0 Å². The molecule has 6 nitrogen and oxygen atoms in total. The monoisotopic (exact) mass is 376 g/mol. The summed E-state index contributed by atoms with van der Waals surface area (Å²) in [4.78, 5) is 29.0. The number of aryl methyl sites for hydroxylation is 1. The molecule has 1 aromatic carbocycles. The van der Waals surface area contributed by atoms with Gasteiger partial charge in [0.25, 0.3) is 5.56 Å². The van der Waals surface area contributed by atoms with Crippen molar-refractivity contribution < 1.29 is 4.79 Å². The number of amides is 1. The molecule has 1 N–H and O–H groups in total. The van der Waals surface area contributed by atoms with Crippen LogP contribution in [-0.2, 0) is 11.3 Å². The molecule has 0 saturated heterocycles. The number of carbonyl (C=O) groups is 1. The van der Waals surface area contributed by atoms with Gasteiger partial charge in [-0.05, 0) is 32.9 Å². The molecule has 0 radical (unpaired) electrons. The van der Waals surface area contributed by atoms with E-state index in [1.54, 1.807) is 12.1 Å². The molecule has 0 fully saturated rings. The highest BCUT2D eigenvalue weighted by Crippen LogP contribution is 2.30. The first-order chi connectivity index (χ1) is 11.8. The standard InChI is InChI=1S/C17H17ClN4O2S/c1-9(2)19-13(23)8-22-17(24)15-16(25-10(3)20-15)14(21-22)11-4-6-12(18)7-5-11/h4-7,9H,8H2,1-3H3,(H,19,23). The van der Waals surface area contributed by atoms with Crippen molar-refractivity contribution in [3.63, 3.8) is 0 Å². The predicted octanol–water partition coefficient (Wildman–Crippen LogP) is 3.01. The molecular weight excluding hydrogens is 360 g/mol. The molecule has 0 aliphatic carbocycles. The Morgan fingerprint density at radius 3 is 2.64 bits per heavy atom. The summed E-state index contributed by atoms with van der Waals surface area (Å²) < 4.78 is 1.88. The number of rotatable bonds is 4. The van der Waals surface area contributed by atoms with Gasteiger partial charge >= 0.3 is 0 Å². The van der Waals surface area contributed by atoms with Crippen molar-refractivity contribution in [1.29, 1.82) is 0 Å². The van der Waals surface area contributed by atoms with Gasteiger partial charge in [-0.1, -0.05) is 23.7 Å². The van der Waals surface area contributed by atoms with Crippen molar-refractivity contribution in [3.05, 3.63) is 44.6 Å². The number of fused-ring (bicyclic) bond motifs is 1. The topological polar surface area (TPSA) is 76.9 Å². The average Bonchev–Trinajstić information content (AvgIpc) is 2.92. The number of benzene rings is 1. The molecule has 8 heteroatoms. The summed E-state index contributed by atoms with van der Waals surface area (Å²) in [6.45, 7) is 5.41. The highest BCUT2D eigenvalue weighted by atomic mass is 35.5. The maximum atomic E-state index is 12.6. The highest BCUT2D eigenvalue weighted by molar-refractivity contribution is 7.19. The highest BCUT2D eigenvalue weighted by Gasteiger charge is 2.18. The zero-order valence-electron chi connectivity index (χ0n) is 14.0. The second kappa shape index (κ2) is 6.93. The van der Waals surface area contributed by atoms with E-state index in [9.17, 15) is 9.59 Å². The van der Waals surface area contributed by atoms with Crippen molar-refractivity contribution in [1.82, 2.24) is 20.1 Å². The Bertz CT molecular complexity index is 992. The number of halogens is 1. The van der Waals surface area contributed by atoms with Gasteiger partial charge in [0, 0.05) is 16.6 Å². The van der Waals surface area contributed by atoms with Gasteiger partial charge in [0.15, 0.2) is 5.52 Å². The number of thiazole rings is 1. The van der Waals surface area contributed by atoms with Crippen LogP contribution < -0.4 is 10.9 Å². The van der Waals surface area contributed by atoms with Crippen LogP contribution in [0.5, 0.6) is 0 Å². The first-order valence-electron chi connectivity index (χ1n) is 7.78. The Hall–Kier alpha value is -2.25. The van der Waals surface area contributed by atoms with Crippen LogP contribution in [0.15, 0.2) is 29.1 Å². The van der Waals surface area contributed by atoms with Crippen molar-refractivity contribution in [2.24, 2.45) is 0 Å². The molecule has 1 amide bonds. The average molecular weight is 377 g/mol. The van der Waals surface area contributed by atoms with Crippen molar-refractivity contribution >= 4 is 39.1 Å². The molecule has 130 valence electrons. The molecule has 3 rings (SSSR count). The van der Waals surface area contributed by atoms with Crippen LogP contribution >= 0.6 is 22.9 Å². The van der Waals surface area contributed by atoms with Gasteiger partial charge in [0.1, 0.15) is 12.2 Å². The van der Waals surface area contributed by atoms with Crippen molar-refractivity contribution in [3.8, 4) is 11.3 Å². The van der Waals surface area contributed by atoms with E-state index in [1.165, 1.54) is 16.0 Å². The van der Waals surface area contributed by atoms with Gasteiger partial charge in [-0.25, -0.2) is 9.67 Å². The largest absolute Gasteiger partial charge is 0.352 e. The van der Waals surface area contributed by atoms with Gasteiger partial charge < -0.3 is 5.32 Å². The van der Waals surface area contributed by atoms with Crippen LogP contribution in [0.1, 0.15) is 18.9 Å². The van der Waals surface area contributed by atoms with Gasteiger partial charge in [-0.15, -0.1) is 11.3 Å². The number of carbonyl (C=O) groups excluding carboxylic acids is 1. The number of hydrogen-bond donors (Lipinski definition) is 1. The Morgan fingerprint density at radius 1 is 1.32 bits per heavy atom. The van der Waals surface area contributed by atoms with Gasteiger partial charge in [-0.2, -0.15) is 5.10 Å². The minimum atomic E-state index is -0.365. The van der Waals surface area contributed by atoms with Crippen LogP contribution in [0.4, 0.5) is 0 Å².